The van der Waals surface area contributed by atoms with Gasteiger partial charge in [-0.2, -0.15) is 0 Å². The van der Waals surface area contributed by atoms with Gasteiger partial charge in [0, 0.05) is 24.5 Å². The first-order valence-electron chi connectivity index (χ1n) is 4.71. The van der Waals surface area contributed by atoms with Gasteiger partial charge in [-0.3, -0.25) is 25.0 Å². The number of hydrogen-bond donors (Lipinski definition) is 2. The molecule has 2 N–H and O–H groups in total. The van der Waals surface area contributed by atoms with Crippen molar-refractivity contribution in [3.63, 3.8) is 0 Å². The molecule has 0 atom stereocenters. The summed E-state index contributed by atoms with van der Waals surface area (Å²) in [5, 5.41) is 15.3. The number of aliphatic imine (C=N–C) groups is 1. The third kappa shape index (κ3) is 2.46. The van der Waals surface area contributed by atoms with Gasteiger partial charge in [0.25, 0.3) is 11.2 Å². The maximum Gasteiger partial charge on any atom is 0.272 e. The standard InChI is InChI=1S/C10H8N4O3/c15-10-7(6-12-13-10)5-11-8-1-3-9(4-2-8)14(16)17/h1-6H,(H2,12,13,15). The van der Waals surface area contributed by atoms with Crippen LogP contribution >= 0.6 is 0 Å². The van der Waals surface area contributed by atoms with Crippen LogP contribution in [0.25, 0.3) is 0 Å². The summed E-state index contributed by atoms with van der Waals surface area (Å²) >= 11 is 0. The zero-order valence-electron chi connectivity index (χ0n) is 8.58. The number of nitrogens with zero attached hydrogens (tertiary/aromatic N) is 2. The first-order chi connectivity index (χ1) is 8.16. The van der Waals surface area contributed by atoms with Gasteiger partial charge in [0.2, 0.25) is 0 Å². The van der Waals surface area contributed by atoms with E-state index in [1.54, 1.807) is 0 Å². The summed E-state index contributed by atoms with van der Waals surface area (Å²) in [5.74, 6) is 0. The Morgan fingerprint density at radius 2 is 2.00 bits per heavy atom. The summed E-state index contributed by atoms with van der Waals surface area (Å²) in [6.45, 7) is 0. The maximum absolute atomic E-state index is 11.1. The monoisotopic (exact) mass is 232 g/mol. The predicted octanol–water partition coefficient (Wildman–Crippen LogP) is 1.36. The second-order valence-corrected chi connectivity index (χ2v) is 3.23. The van der Waals surface area contributed by atoms with Gasteiger partial charge in [-0.1, -0.05) is 0 Å². The third-order valence-electron chi connectivity index (χ3n) is 2.09. The van der Waals surface area contributed by atoms with Crippen molar-refractivity contribution in [1.82, 2.24) is 10.2 Å². The Labute approximate surface area is 95.0 Å². The first-order valence-corrected chi connectivity index (χ1v) is 4.71. The van der Waals surface area contributed by atoms with Crippen LogP contribution in [0.15, 0.2) is 40.2 Å². The highest BCUT2D eigenvalue weighted by atomic mass is 16.6. The topological polar surface area (TPSA) is 104 Å². The fourth-order valence-electron chi connectivity index (χ4n) is 1.22. The zero-order chi connectivity index (χ0) is 12.3. The van der Waals surface area contributed by atoms with Gasteiger partial charge in [-0.15, -0.1) is 0 Å². The van der Waals surface area contributed by atoms with Crippen LogP contribution in [-0.4, -0.2) is 21.3 Å². The van der Waals surface area contributed by atoms with Crippen LogP contribution in [0.4, 0.5) is 11.4 Å². The van der Waals surface area contributed by atoms with E-state index in [1.807, 2.05) is 0 Å². The molecule has 2 aromatic rings. The summed E-state index contributed by atoms with van der Waals surface area (Å²) in [6, 6.07) is 5.73. The lowest BCUT2D eigenvalue weighted by atomic mass is 10.3. The molecule has 7 heteroatoms. The number of hydrogen-bond acceptors (Lipinski definition) is 4. The fourth-order valence-corrected chi connectivity index (χ4v) is 1.22. The summed E-state index contributed by atoms with van der Waals surface area (Å²) in [5.41, 5.74) is 0.665. The number of nitro groups is 1. The summed E-state index contributed by atoms with van der Waals surface area (Å²) in [4.78, 5) is 25.1. The molecule has 1 aromatic heterocycles. The van der Waals surface area contributed by atoms with Gasteiger partial charge in [-0.05, 0) is 12.1 Å². The van der Waals surface area contributed by atoms with Gasteiger partial charge < -0.3 is 5.10 Å². The Kier molecular flexibility index (Phi) is 2.82. The Morgan fingerprint density at radius 1 is 1.29 bits per heavy atom. The van der Waals surface area contributed by atoms with E-state index >= 15 is 0 Å². The minimum absolute atomic E-state index is 0.00319. The maximum atomic E-state index is 11.1. The number of rotatable bonds is 3. The molecule has 1 aromatic carbocycles. The van der Waals surface area contributed by atoms with Crippen LogP contribution in [0.5, 0.6) is 0 Å². The van der Waals surface area contributed by atoms with E-state index in [9.17, 15) is 14.9 Å². The lowest BCUT2D eigenvalue weighted by Gasteiger charge is -1.92. The molecule has 0 fully saturated rings. The normalized spacial score (nSPS) is 10.8. The number of aromatic nitrogens is 2. The van der Waals surface area contributed by atoms with E-state index in [0.717, 1.165) is 0 Å². The molecule has 17 heavy (non-hydrogen) atoms. The van der Waals surface area contributed by atoms with Gasteiger partial charge in [-0.25, -0.2) is 0 Å². The van der Waals surface area contributed by atoms with E-state index in [1.165, 1.54) is 36.7 Å². The Hall–Kier alpha value is -2.70. The van der Waals surface area contributed by atoms with Crippen molar-refractivity contribution in [2.24, 2.45) is 4.99 Å². The van der Waals surface area contributed by atoms with Crippen molar-refractivity contribution >= 4 is 17.6 Å². The molecule has 0 spiro atoms. The Morgan fingerprint density at radius 3 is 2.53 bits per heavy atom. The molecule has 0 saturated heterocycles. The predicted molar refractivity (Wildman–Crippen MR) is 61.8 cm³/mol. The number of nitrogens with one attached hydrogen (secondary N) is 2. The molecule has 7 nitrogen and oxygen atoms in total. The fraction of sp³-hybridized carbons (Fsp3) is 0. The lowest BCUT2D eigenvalue weighted by Crippen LogP contribution is -2.03. The van der Waals surface area contributed by atoms with Crippen molar-refractivity contribution < 1.29 is 4.92 Å². The molecule has 0 aliphatic heterocycles. The number of nitro benzene ring substituents is 1. The lowest BCUT2D eigenvalue weighted by molar-refractivity contribution is -0.384. The van der Waals surface area contributed by atoms with Crippen LogP contribution in [0.3, 0.4) is 0 Å². The number of H-pyrrole nitrogens is 2. The van der Waals surface area contributed by atoms with Crippen LogP contribution in [0, 0.1) is 10.1 Å². The molecular formula is C10H8N4O3. The average Bonchev–Trinajstić information content (AvgIpc) is 2.73. The van der Waals surface area contributed by atoms with E-state index in [0.29, 0.717) is 11.3 Å². The van der Waals surface area contributed by atoms with Gasteiger partial charge >= 0.3 is 0 Å². The molecular weight excluding hydrogens is 224 g/mol. The molecule has 0 radical (unpaired) electrons. The summed E-state index contributed by atoms with van der Waals surface area (Å²) in [6.07, 6.45) is 2.87. The smallest absolute Gasteiger partial charge is 0.272 e. The van der Waals surface area contributed by atoms with Crippen LogP contribution < -0.4 is 5.56 Å². The van der Waals surface area contributed by atoms with Crippen molar-refractivity contribution in [3.8, 4) is 0 Å². The van der Waals surface area contributed by atoms with Crippen LogP contribution in [-0.2, 0) is 0 Å². The second kappa shape index (κ2) is 4.44. The average molecular weight is 232 g/mol. The molecule has 0 aliphatic carbocycles. The Balaban J connectivity index is 2.20. The third-order valence-corrected chi connectivity index (χ3v) is 2.09. The molecule has 0 amide bonds. The van der Waals surface area contributed by atoms with Gasteiger partial charge in [0.05, 0.1) is 16.2 Å². The van der Waals surface area contributed by atoms with Crippen LogP contribution in [0.2, 0.25) is 0 Å². The highest BCUT2D eigenvalue weighted by molar-refractivity contribution is 5.81. The molecule has 0 unspecified atom stereocenters. The van der Waals surface area contributed by atoms with E-state index in [4.69, 9.17) is 0 Å². The first kappa shape index (κ1) is 10.8. The molecule has 0 aliphatic rings. The number of aromatic amines is 2. The van der Waals surface area contributed by atoms with Crippen molar-refractivity contribution in [2.45, 2.75) is 0 Å². The molecule has 0 bridgehead atoms. The highest BCUT2D eigenvalue weighted by Crippen LogP contribution is 2.17. The van der Waals surface area contributed by atoms with Gasteiger partial charge in [0.1, 0.15) is 0 Å². The summed E-state index contributed by atoms with van der Waals surface area (Å²) in [7, 11) is 0. The molecule has 86 valence electrons. The minimum Gasteiger partial charge on any atom is -0.305 e. The highest BCUT2D eigenvalue weighted by Gasteiger charge is 2.02. The minimum atomic E-state index is -0.482. The van der Waals surface area contributed by atoms with E-state index in [2.05, 4.69) is 15.2 Å². The van der Waals surface area contributed by atoms with E-state index in [-0.39, 0.29) is 11.2 Å². The SMILES string of the molecule is O=c1[nH][nH]cc1C=Nc1ccc([N+](=O)[O-])cc1. The van der Waals surface area contributed by atoms with Crippen molar-refractivity contribution in [3.05, 3.63) is 56.5 Å². The Bertz CT molecular complexity index is 609. The van der Waals surface area contributed by atoms with Crippen molar-refractivity contribution in [2.75, 3.05) is 0 Å². The number of non-ortho nitro benzene ring substituents is 1. The largest absolute Gasteiger partial charge is 0.305 e. The number of benzene rings is 1. The van der Waals surface area contributed by atoms with Crippen LogP contribution in [0.1, 0.15) is 5.56 Å². The zero-order valence-corrected chi connectivity index (χ0v) is 8.58. The quantitative estimate of drug-likeness (QED) is 0.474. The second-order valence-electron chi connectivity index (χ2n) is 3.23. The van der Waals surface area contributed by atoms with E-state index < -0.39 is 4.92 Å². The molecule has 1 heterocycles. The molecule has 0 saturated carbocycles. The summed E-state index contributed by atoms with van der Waals surface area (Å²) < 4.78 is 0. The van der Waals surface area contributed by atoms with Crippen molar-refractivity contribution in [1.29, 1.82) is 0 Å². The van der Waals surface area contributed by atoms with Gasteiger partial charge in [0.15, 0.2) is 0 Å². The molecule has 2 rings (SSSR count).